The molecule has 1 fully saturated rings. The highest BCUT2D eigenvalue weighted by Gasteiger charge is 2.35. The number of fused-ring (bicyclic) bond motifs is 1. The lowest BCUT2D eigenvalue weighted by Gasteiger charge is -2.26. The second-order valence-electron chi connectivity index (χ2n) is 9.05. The number of carbonyl (C=O) groups excluding carboxylic acids is 1. The van der Waals surface area contributed by atoms with Gasteiger partial charge in [-0.25, -0.2) is 4.98 Å². The van der Waals surface area contributed by atoms with Crippen LogP contribution in [0.4, 0.5) is 0 Å². The lowest BCUT2D eigenvalue weighted by atomic mass is 10.0. The van der Waals surface area contributed by atoms with Gasteiger partial charge in [0, 0.05) is 43.5 Å². The summed E-state index contributed by atoms with van der Waals surface area (Å²) in [7, 11) is 1.84. The third kappa shape index (κ3) is 3.97. The van der Waals surface area contributed by atoms with E-state index in [9.17, 15) is 9.90 Å². The Morgan fingerprint density at radius 3 is 2.78 bits per heavy atom. The molecule has 1 amide bonds. The summed E-state index contributed by atoms with van der Waals surface area (Å²) < 4.78 is 3.97. The summed E-state index contributed by atoms with van der Waals surface area (Å²) in [6, 6.07) is 10.2. The minimum Gasteiger partial charge on any atom is -0.388 e. The predicted molar refractivity (Wildman–Crippen MR) is 122 cm³/mol. The van der Waals surface area contributed by atoms with Gasteiger partial charge in [0.05, 0.1) is 18.0 Å². The molecule has 2 aliphatic rings. The van der Waals surface area contributed by atoms with E-state index in [4.69, 9.17) is 4.98 Å². The second kappa shape index (κ2) is 8.90. The molecule has 2 aliphatic heterocycles. The lowest BCUT2D eigenvalue weighted by Crippen LogP contribution is -2.37. The van der Waals surface area contributed by atoms with Gasteiger partial charge in [0.25, 0.3) is 5.91 Å². The summed E-state index contributed by atoms with van der Waals surface area (Å²) in [5.74, 6) is 0.913. The number of imidazole rings is 1. The molecule has 0 aliphatic carbocycles. The zero-order chi connectivity index (χ0) is 22.1. The zero-order valence-corrected chi connectivity index (χ0v) is 18.7. The van der Waals surface area contributed by atoms with Crippen LogP contribution < -0.4 is 0 Å². The Hall–Kier alpha value is -2.93. The highest BCUT2D eigenvalue weighted by molar-refractivity contribution is 5.94. The summed E-state index contributed by atoms with van der Waals surface area (Å²) in [5.41, 5.74) is 3.53. The first-order chi connectivity index (χ1) is 15.6. The molecule has 2 aromatic heterocycles. The maximum atomic E-state index is 13.8. The molecule has 5 rings (SSSR count). The normalized spacial score (nSPS) is 19.6. The van der Waals surface area contributed by atoms with Gasteiger partial charge in [-0.3, -0.25) is 9.48 Å². The number of aliphatic hydroxyl groups is 1. The Bertz CT molecular complexity index is 1090. The number of hydrogen-bond donors (Lipinski definition) is 1. The molecule has 1 N–H and O–H groups in total. The first-order valence-corrected chi connectivity index (χ1v) is 11.7. The van der Waals surface area contributed by atoms with Crippen LogP contribution in [-0.4, -0.2) is 47.8 Å². The number of likely N-dealkylation sites (tertiary alicyclic amines) is 1. The highest BCUT2D eigenvalue weighted by atomic mass is 16.3. The van der Waals surface area contributed by atoms with Gasteiger partial charge in [-0.05, 0) is 38.5 Å². The lowest BCUT2D eigenvalue weighted by molar-refractivity contribution is 0.0660. The molecule has 7 nitrogen and oxygen atoms in total. The Morgan fingerprint density at radius 2 is 2.00 bits per heavy atom. The third-order valence-corrected chi connectivity index (χ3v) is 6.85. The van der Waals surface area contributed by atoms with E-state index in [0.29, 0.717) is 12.1 Å². The van der Waals surface area contributed by atoms with Crippen molar-refractivity contribution in [2.45, 2.75) is 63.6 Å². The number of aliphatic hydroxyl groups excluding tert-OH is 1. The quantitative estimate of drug-likeness (QED) is 0.665. The van der Waals surface area contributed by atoms with Crippen molar-refractivity contribution in [3.8, 4) is 11.4 Å². The maximum Gasteiger partial charge on any atom is 0.274 e. The molecule has 1 saturated heterocycles. The minimum atomic E-state index is -0.624. The largest absolute Gasteiger partial charge is 0.388 e. The van der Waals surface area contributed by atoms with Crippen molar-refractivity contribution in [1.29, 1.82) is 0 Å². The molecule has 0 unspecified atom stereocenters. The van der Waals surface area contributed by atoms with Crippen molar-refractivity contribution < 1.29 is 9.90 Å². The van der Waals surface area contributed by atoms with E-state index in [0.717, 1.165) is 67.8 Å². The van der Waals surface area contributed by atoms with E-state index >= 15 is 0 Å². The van der Waals surface area contributed by atoms with Crippen LogP contribution >= 0.6 is 0 Å². The number of hydrogen-bond acceptors (Lipinski definition) is 4. The first-order valence-electron chi connectivity index (χ1n) is 11.7. The van der Waals surface area contributed by atoms with Crippen molar-refractivity contribution in [2.75, 3.05) is 6.54 Å². The minimum absolute atomic E-state index is 0.0127. The van der Waals surface area contributed by atoms with Crippen LogP contribution in [0.2, 0.25) is 0 Å². The Balaban J connectivity index is 1.43. The Labute approximate surface area is 188 Å². The maximum absolute atomic E-state index is 13.8. The summed E-state index contributed by atoms with van der Waals surface area (Å²) in [6.07, 6.45) is 9.57. The number of amides is 1. The van der Waals surface area contributed by atoms with Gasteiger partial charge in [0.15, 0.2) is 0 Å². The average Bonchev–Trinajstić information content (AvgIpc) is 3.49. The summed E-state index contributed by atoms with van der Waals surface area (Å²) in [5, 5.41) is 14.9. The van der Waals surface area contributed by atoms with Gasteiger partial charge in [0.1, 0.15) is 11.5 Å². The number of nitrogens with zero attached hydrogens (tertiary/aromatic N) is 5. The zero-order valence-electron chi connectivity index (χ0n) is 18.7. The van der Waals surface area contributed by atoms with Crippen LogP contribution in [0.5, 0.6) is 0 Å². The van der Waals surface area contributed by atoms with Crippen LogP contribution in [0, 0.1) is 0 Å². The highest BCUT2D eigenvalue weighted by Crippen LogP contribution is 2.32. The van der Waals surface area contributed by atoms with Gasteiger partial charge in [-0.15, -0.1) is 0 Å². The summed E-state index contributed by atoms with van der Waals surface area (Å²) in [6.45, 7) is 1.62. The van der Waals surface area contributed by atoms with Crippen LogP contribution in [-0.2, 0) is 20.0 Å². The van der Waals surface area contributed by atoms with E-state index in [-0.39, 0.29) is 11.9 Å². The molecule has 0 saturated carbocycles. The number of rotatable bonds is 5. The predicted octanol–water partition coefficient (Wildman–Crippen LogP) is 3.74. The number of benzene rings is 1. The number of carbonyl (C=O) groups is 1. The molecule has 4 heterocycles. The van der Waals surface area contributed by atoms with Crippen LogP contribution in [0.1, 0.15) is 66.4 Å². The number of aromatic nitrogens is 4. The molecule has 0 bridgehead atoms. The smallest absolute Gasteiger partial charge is 0.274 e. The molecule has 32 heavy (non-hydrogen) atoms. The fourth-order valence-corrected chi connectivity index (χ4v) is 5.19. The second-order valence-corrected chi connectivity index (χ2v) is 9.05. The standard InChI is InChI=1S/C25H31N5O2/c1-28-17-19(16-26-28)22(31)15-20-11-8-14-29(20)25(32)23-21-12-6-3-7-13-30(21)24(27-23)18-9-4-2-5-10-18/h2,4-5,9-10,16-17,20,22,31H,3,6-8,11-15H2,1H3/t20-,22+/m0/s1. The Kier molecular flexibility index (Phi) is 5.83. The topological polar surface area (TPSA) is 76.2 Å². The molecule has 0 spiro atoms. The average molecular weight is 434 g/mol. The molecule has 7 heteroatoms. The molecule has 168 valence electrons. The molecule has 3 aromatic rings. The van der Waals surface area contributed by atoms with Gasteiger partial charge in [-0.1, -0.05) is 36.8 Å². The summed E-state index contributed by atoms with van der Waals surface area (Å²) in [4.78, 5) is 20.6. The Morgan fingerprint density at radius 1 is 1.16 bits per heavy atom. The van der Waals surface area contributed by atoms with E-state index in [1.54, 1.807) is 10.9 Å². The van der Waals surface area contributed by atoms with E-state index < -0.39 is 6.10 Å². The van der Waals surface area contributed by atoms with Crippen molar-refractivity contribution in [3.63, 3.8) is 0 Å². The fraction of sp³-hybridized carbons (Fsp3) is 0.480. The van der Waals surface area contributed by atoms with Crippen molar-refractivity contribution in [1.82, 2.24) is 24.2 Å². The molecular weight excluding hydrogens is 402 g/mol. The van der Waals surface area contributed by atoms with Crippen LogP contribution in [0.15, 0.2) is 42.7 Å². The first kappa shape index (κ1) is 20.9. The molecular formula is C25H31N5O2. The van der Waals surface area contributed by atoms with Gasteiger partial charge < -0.3 is 14.6 Å². The monoisotopic (exact) mass is 433 g/mol. The SMILES string of the molecule is Cn1cc([C@H](O)C[C@@H]2CCCN2C(=O)c2nc(-c3ccccc3)n3c2CCCCC3)cn1. The summed E-state index contributed by atoms with van der Waals surface area (Å²) >= 11 is 0. The molecule has 2 atom stereocenters. The molecule has 0 radical (unpaired) electrons. The van der Waals surface area contributed by atoms with E-state index in [1.165, 1.54) is 6.42 Å². The van der Waals surface area contributed by atoms with Crippen molar-refractivity contribution in [3.05, 3.63) is 59.7 Å². The van der Waals surface area contributed by atoms with Gasteiger partial charge in [0.2, 0.25) is 0 Å². The van der Waals surface area contributed by atoms with Gasteiger partial charge >= 0.3 is 0 Å². The molecule has 1 aromatic carbocycles. The third-order valence-electron chi connectivity index (χ3n) is 6.85. The van der Waals surface area contributed by atoms with Crippen LogP contribution in [0.3, 0.4) is 0 Å². The van der Waals surface area contributed by atoms with E-state index in [2.05, 4.69) is 21.8 Å². The van der Waals surface area contributed by atoms with Crippen molar-refractivity contribution >= 4 is 5.91 Å². The van der Waals surface area contributed by atoms with E-state index in [1.807, 2.05) is 36.3 Å². The van der Waals surface area contributed by atoms with Crippen LogP contribution in [0.25, 0.3) is 11.4 Å². The van der Waals surface area contributed by atoms with Gasteiger partial charge in [-0.2, -0.15) is 5.10 Å². The number of aryl methyl sites for hydroxylation is 1. The van der Waals surface area contributed by atoms with Crippen molar-refractivity contribution in [2.24, 2.45) is 7.05 Å². The fourth-order valence-electron chi connectivity index (χ4n) is 5.19.